The third-order valence-corrected chi connectivity index (χ3v) is 6.41. The van der Waals surface area contributed by atoms with Gasteiger partial charge in [0, 0.05) is 19.5 Å². The summed E-state index contributed by atoms with van der Waals surface area (Å²) in [5.74, 6) is -4.43. The number of urea groups is 1. The molecule has 0 aliphatic carbocycles. The van der Waals surface area contributed by atoms with Crippen molar-refractivity contribution >= 4 is 29.6 Å². The van der Waals surface area contributed by atoms with Crippen LogP contribution in [0.1, 0.15) is 12.0 Å². The number of ketones is 1. The Hall–Kier alpha value is -4.71. The fourth-order valence-corrected chi connectivity index (χ4v) is 4.65. The van der Waals surface area contributed by atoms with E-state index in [4.69, 9.17) is 19.4 Å². The highest BCUT2D eigenvalue weighted by Crippen LogP contribution is 2.43. The number of aliphatic carboxylic acids is 1. The Kier molecular flexibility index (Phi) is 8.12. The highest BCUT2D eigenvalue weighted by atomic mass is 19.4. The van der Waals surface area contributed by atoms with Crippen molar-refractivity contribution in [3.05, 3.63) is 54.1 Å². The maximum Gasteiger partial charge on any atom is 0.573 e. The van der Waals surface area contributed by atoms with Gasteiger partial charge in [-0.3, -0.25) is 29.9 Å². The molecule has 12 nitrogen and oxygen atoms in total. The number of hydrogen-bond donors (Lipinski definition) is 3. The van der Waals surface area contributed by atoms with E-state index in [1.807, 2.05) is 0 Å². The molecule has 43 heavy (non-hydrogen) atoms. The number of amides is 4. The number of carbonyl (C=O) groups is 5. The summed E-state index contributed by atoms with van der Waals surface area (Å²) >= 11 is 0. The van der Waals surface area contributed by atoms with Crippen molar-refractivity contribution in [1.29, 1.82) is 0 Å². The van der Waals surface area contributed by atoms with Crippen LogP contribution in [0.4, 0.5) is 31.1 Å². The van der Waals surface area contributed by atoms with E-state index in [-0.39, 0.29) is 49.0 Å². The molecule has 0 saturated carbocycles. The summed E-state index contributed by atoms with van der Waals surface area (Å²) in [5, 5.41) is 11.4. The molecule has 230 valence electrons. The van der Waals surface area contributed by atoms with Crippen LogP contribution in [0.3, 0.4) is 0 Å². The number of ether oxygens (including phenoxy) is 3. The average molecular weight is 619 g/mol. The molecule has 0 atom stereocenters. The van der Waals surface area contributed by atoms with Crippen molar-refractivity contribution in [2.45, 2.75) is 30.1 Å². The minimum atomic E-state index is -5.08. The van der Waals surface area contributed by atoms with Crippen molar-refractivity contribution in [3.8, 4) is 17.2 Å². The summed E-state index contributed by atoms with van der Waals surface area (Å²) in [7, 11) is 0. The molecule has 4 amide bonds. The first-order valence-electron chi connectivity index (χ1n) is 12.0. The molecule has 0 radical (unpaired) electrons. The molecule has 3 saturated heterocycles. The molecule has 3 fully saturated rings. The molecule has 2 aromatic rings. The number of nitrogens with zero attached hydrogens (tertiary/aromatic N) is 1. The number of likely N-dealkylation sites (tertiary alicyclic amines) is 1. The smallest absolute Gasteiger partial charge is 0.475 e. The van der Waals surface area contributed by atoms with E-state index in [1.54, 1.807) is 0 Å². The van der Waals surface area contributed by atoms with Crippen molar-refractivity contribution in [2.75, 3.05) is 19.7 Å². The van der Waals surface area contributed by atoms with E-state index in [0.717, 1.165) is 12.1 Å². The van der Waals surface area contributed by atoms with Crippen LogP contribution >= 0.6 is 0 Å². The number of carboxylic acids is 1. The standard InChI is InChI=1S/C23H18F3N3O7.C2HF3O2/c24-23(25,26)36-17-7-5-16(6-8-17)35-15-3-1-13(2-4-15)22(18(31)27-20(33)28-19(22)32)29-11-21(12-29)9-14(30)10-34-21;3-2(4,5)1(6)7/h1-8H,9-12H2,(H2,27,28,31,32,33);(H,6,7). The van der Waals surface area contributed by atoms with E-state index in [9.17, 15) is 45.5 Å². The van der Waals surface area contributed by atoms with Gasteiger partial charge in [-0.25, -0.2) is 9.59 Å². The van der Waals surface area contributed by atoms with E-state index in [0.29, 0.717) is 0 Å². The molecule has 0 bridgehead atoms. The maximum absolute atomic E-state index is 13.1. The van der Waals surface area contributed by atoms with Crippen LogP contribution in [-0.4, -0.2) is 77.4 Å². The zero-order valence-corrected chi connectivity index (χ0v) is 21.4. The van der Waals surface area contributed by atoms with Crippen LogP contribution in [-0.2, 0) is 29.5 Å². The number of halogens is 6. The number of nitrogens with one attached hydrogen (secondary N) is 2. The quantitative estimate of drug-likeness (QED) is 0.335. The molecular formula is C25H19F6N3O9. The van der Waals surface area contributed by atoms with Crippen LogP contribution in [0, 0.1) is 0 Å². The van der Waals surface area contributed by atoms with Gasteiger partial charge in [-0.2, -0.15) is 13.2 Å². The molecule has 5 rings (SSSR count). The Balaban J connectivity index is 0.000000541. The van der Waals surface area contributed by atoms with Crippen molar-refractivity contribution in [2.24, 2.45) is 0 Å². The number of rotatable bonds is 5. The molecule has 3 heterocycles. The Bertz CT molecular complexity index is 1420. The summed E-state index contributed by atoms with van der Waals surface area (Å²) in [4.78, 5) is 60.0. The van der Waals surface area contributed by atoms with Gasteiger partial charge in [0.1, 0.15) is 29.5 Å². The average Bonchev–Trinajstić information content (AvgIpc) is 3.26. The molecule has 3 aliphatic heterocycles. The highest BCUT2D eigenvalue weighted by Gasteiger charge is 2.64. The molecule has 1 spiro atoms. The lowest BCUT2D eigenvalue weighted by Gasteiger charge is -2.54. The molecule has 18 heteroatoms. The molecule has 0 aromatic heterocycles. The first-order valence-corrected chi connectivity index (χ1v) is 12.0. The number of carbonyl (C=O) groups excluding carboxylic acids is 4. The number of carboxylic acid groups (broad SMARTS) is 1. The Morgan fingerprint density at radius 3 is 1.72 bits per heavy atom. The third-order valence-electron chi connectivity index (χ3n) is 6.41. The van der Waals surface area contributed by atoms with E-state index in [1.165, 1.54) is 41.3 Å². The number of alkyl halides is 6. The summed E-state index contributed by atoms with van der Waals surface area (Å²) in [6, 6.07) is 9.69. The van der Waals surface area contributed by atoms with E-state index in [2.05, 4.69) is 15.4 Å². The predicted molar refractivity (Wildman–Crippen MR) is 127 cm³/mol. The highest BCUT2D eigenvalue weighted by molar-refractivity contribution is 6.22. The Labute approximate surface area is 236 Å². The summed E-state index contributed by atoms with van der Waals surface area (Å²) in [6.45, 7) is 0.212. The number of benzene rings is 2. The summed E-state index contributed by atoms with van der Waals surface area (Å²) < 4.78 is 83.8. The Morgan fingerprint density at radius 1 is 0.837 bits per heavy atom. The predicted octanol–water partition coefficient (Wildman–Crippen LogP) is 2.62. The monoisotopic (exact) mass is 619 g/mol. The SMILES string of the molecule is O=C(O)C(F)(F)F.O=C1COC2(C1)CN(C1(c3ccc(Oc4ccc(OC(F)(F)F)cc4)cc3)C(=O)NC(=O)NC1=O)C2. The van der Waals surface area contributed by atoms with Gasteiger partial charge < -0.3 is 19.3 Å². The van der Waals surface area contributed by atoms with Crippen LogP contribution in [0.2, 0.25) is 0 Å². The largest absolute Gasteiger partial charge is 0.573 e. The van der Waals surface area contributed by atoms with Crippen molar-refractivity contribution < 1.29 is 69.6 Å². The van der Waals surface area contributed by atoms with Crippen LogP contribution in [0.5, 0.6) is 17.2 Å². The van der Waals surface area contributed by atoms with Gasteiger partial charge in [-0.15, -0.1) is 13.2 Å². The van der Waals surface area contributed by atoms with Crippen LogP contribution in [0.15, 0.2) is 48.5 Å². The normalized spacial score (nSPS) is 19.5. The minimum absolute atomic E-state index is 0.0347. The number of Topliss-reactive ketones (excluding diaryl/α,β-unsaturated/α-hetero) is 1. The zero-order valence-electron chi connectivity index (χ0n) is 21.4. The molecule has 3 aliphatic rings. The molecular weight excluding hydrogens is 600 g/mol. The van der Waals surface area contributed by atoms with Crippen LogP contribution in [0.25, 0.3) is 0 Å². The summed E-state index contributed by atoms with van der Waals surface area (Å²) in [5.41, 5.74) is -2.43. The van der Waals surface area contributed by atoms with Gasteiger partial charge in [-0.05, 0) is 42.0 Å². The van der Waals surface area contributed by atoms with Gasteiger partial charge in [0.2, 0.25) is 5.54 Å². The van der Waals surface area contributed by atoms with E-state index >= 15 is 0 Å². The van der Waals surface area contributed by atoms with Crippen LogP contribution < -0.4 is 20.1 Å². The lowest BCUT2D eigenvalue weighted by atomic mass is 9.78. The molecule has 0 unspecified atom stereocenters. The fraction of sp³-hybridized carbons (Fsp3) is 0.320. The molecule has 3 N–H and O–H groups in total. The summed E-state index contributed by atoms with van der Waals surface area (Å²) in [6.07, 6.45) is -9.73. The lowest BCUT2D eigenvalue weighted by Crippen LogP contribution is -2.78. The second-order valence-corrected chi connectivity index (χ2v) is 9.44. The second kappa shape index (κ2) is 11.2. The van der Waals surface area contributed by atoms with Gasteiger partial charge in [-0.1, -0.05) is 12.1 Å². The first-order chi connectivity index (χ1) is 19.9. The van der Waals surface area contributed by atoms with Gasteiger partial charge >= 0.3 is 24.5 Å². The number of barbiturate groups is 1. The van der Waals surface area contributed by atoms with Gasteiger partial charge in [0.15, 0.2) is 5.78 Å². The van der Waals surface area contributed by atoms with Gasteiger partial charge in [0.05, 0.1) is 0 Å². The van der Waals surface area contributed by atoms with Gasteiger partial charge in [0.25, 0.3) is 11.8 Å². The maximum atomic E-state index is 13.1. The zero-order chi connectivity index (χ0) is 31.8. The second-order valence-electron chi connectivity index (χ2n) is 9.44. The third kappa shape index (κ3) is 6.69. The number of imide groups is 2. The molecule has 2 aromatic carbocycles. The van der Waals surface area contributed by atoms with Crippen molar-refractivity contribution in [1.82, 2.24) is 15.5 Å². The first kappa shape index (κ1) is 31.2. The minimum Gasteiger partial charge on any atom is -0.475 e. The topological polar surface area (TPSA) is 161 Å². The lowest BCUT2D eigenvalue weighted by molar-refractivity contribution is -0.274. The van der Waals surface area contributed by atoms with Crippen molar-refractivity contribution in [3.63, 3.8) is 0 Å². The Morgan fingerprint density at radius 2 is 1.30 bits per heavy atom. The number of hydrogen-bond acceptors (Lipinski definition) is 9. The van der Waals surface area contributed by atoms with E-state index < -0.39 is 53.2 Å². The fourth-order valence-electron chi connectivity index (χ4n) is 4.65.